The molecule has 2 saturated carbocycles. The minimum Gasteiger partial charge on any atom is -0.494 e. The van der Waals surface area contributed by atoms with Crippen molar-refractivity contribution in [1.82, 2.24) is 0 Å². The Morgan fingerprint density at radius 2 is 2.00 bits per heavy atom. The van der Waals surface area contributed by atoms with E-state index >= 15 is 0 Å². The molecule has 20 heavy (non-hydrogen) atoms. The highest BCUT2D eigenvalue weighted by molar-refractivity contribution is 5.54. The molecule has 0 aromatic heterocycles. The molecule has 3 rings (SSSR count). The fourth-order valence-electron chi connectivity index (χ4n) is 3.63. The quantitative estimate of drug-likeness (QED) is 0.834. The van der Waals surface area contributed by atoms with Crippen molar-refractivity contribution in [1.29, 1.82) is 0 Å². The van der Waals surface area contributed by atoms with E-state index in [1.165, 1.54) is 49.8 Å². The first-order valence-corrected chi connectivity index (χ1v) is 8.26. The number of rotatable bonds is 5. The van der Waals surface area contributed by atoms with Crippen LogP contribution >= 0.6 is 0 Å². The van der Waals surface area contributed by atoms with Crippen molar-refractivity contribution in [2.45, 2.75) is 58.4 Å². The molecular weight excluding hydrogens is 246 g/mol. The summed E-state index contributed by atoms with van der Waals surface area (Å²) in [7, 11) is 0. The molecule has 2 heteroatoms. The van der Waals surface area contributed by atoms with Crippen molar-refractivity contribution in [3.8, 4) is 5.75 Å². The van der Waals surface area contributed by atoms with E-state index in [1.807, 2.05) is 6.92 Å². The maximum absolute atomic E-state index is 5.56. The first kappa shape index (κ1) is 13.8. The van der Waals surface area contributed by atoms with Gasteiger partial charge < -0.3 is 10.1 Å². The van der Waals surface area contributed by atoms with Crippen LogP contribution in [0, 0.1) is 18.8 Å². The molecule has 1 aromatic rings. The zero-order valence-corrected chi connectivity index (χ0v) is 12.8. The molecule has 0 heterocycles. The van der Waals surface area contributed by atoms with E-state index in [-0.39, 0.29) is 0 Å². The standard InChI is InChI=1S/C18H27NO/c1-3-20-17-9-10-18(13(2)11-17)19-16-6-4-5-15(12-16)14-7-8-14/h9-11,14-16,19H,3-8,12H2,1-2H3. The summed E-state index contributed by atoms with van der Waals surface area (Å²) in [6.07, 6.45) is 8.53. The van der Waals surface area contributed by atoms with E-state index in [2.05, 4.69) is 30.4 Å². The number of hydrogen-bond donors (Lipinski definition) is 1. The van der Waals surface area contributed by atoms with E-state index < -0.39 is 0 Å². The van der Waals surface area contributed by atoms with Crippen LogP contribution in [0.3, 0.4) is 0 Å². The van der Waals surface area contributed by atoms with Gasteiger partial charge in [-0.3, -0.25) is 0 Å². The Hall–Kier alpha value is -1.18. The van der Waals surface area contributed by atoms with Gasteiger partial charge in [-0.2, -0.15) is 0 Å². The van der Waals surface area contributed by atoms with Crippen LogP contribution in [0.15, 0.2) is 18.2 Å². The van der Waals surface area contributed by atoms with Crippen LogP contribution in [-0.2, 0) is 0 Å². The topological polar surface area (TPSA) is 21.3 Å². The zero-order valence-electron chi connectivity index (χ0n) is 12.8. The molecule has 2 unspecified atom stereocenters. The average Bonchev–Trinajstić information content (AvgIpc) is 3.27. The molecule has 2 aliphatic carbocycles. The normalized spacial score (nSPS) is 26.3. The molecule has 2 atom stereocenters. The smallest absolute Gasteiger partial charge is 0.119 e. The summed E-state index contributed by atoms with van der Waals surface area (Å²) in [6, 6.07) is 7.08. The number of nitrogens with one attached hydrogen (secondary N) is 1. The van der Waals surface area contributed by atoms with Gasteiger partial charge in [0.15, 0.2) is 0 Å². The van der Waals surface area contributed by atoms with Crippen molar-refractivity contribution in [3.63, 3.8) is 0 Å². The average molecular weight is 273 g/mol. The molecule has 0 bridgehead atoms. The molecule has 110 valence electrons. The largest absolute Gasteiger partial charge is 0.494 e. The highest BCUT2D eigenvalue weighted by atomic mass is 16.5. The monoisotopic (exact) mass is 273 g/mol. The Kier molecular flexibility index (Phi) is 4.18. The summed E-state index contributed by atoms with van der Waals surface area (Å²) in [5.41, 5.74) is 2.58. The number of benzene rings is 1. The third kappa shape index (κ3) is 3.28. The minimum absolute atomic E-state index is 0.672. The van der Waals surface area contributed by atoms with Crippen molar-refractivity contribution < 1.29 is 4.74 Å². The molecule has 2 nitrogen and oxygen atoms in total. The van der Waals surface area contributed by atoms with Gasteiger partial charge in [0.25, 0.3) is 0 Å². The van der Waals surface area contributed by atoms with Crippen LogP contribution in [0.1, 0.15) is 51.0 Å². The number of aryl methyl sites for hydroxylation is 1. The number of hydrogen-bond acceptors (Lipinski definition) is 2. The van der Waals surface area contributed by atoms with Gasteiger partial charge in [-0.05, 0) is 75.1 Å². The van der Waals surface area contributed by atoms with Crippen LogP contribution in [0.4, 0.5) is 5.69 Å². The molecule has 2 fully saturated rings. The van der Waals surface area contributed by atoms with Crippen molar-refractivity contribution in [2.24, 2.45) is 11.8 Å². The molecule has 0 radical (unpaired) electrons. The zero-order chi connectivity index (χ0) is 13.9. The van der Waals surface area contributed by atoms with Crippen LogP contribution in [0.25, 0.3) is 0 Å². The van der Waals surface area contributed by atoms with Gasteiger partial charge in [0.2, 0.25) is 0 Å². The summed E-state index contributed by atoms with van der Waals surface area (Å²) >= 11 is 0. The lowest BCUT2D eigenvalue weighted by Gasteiger charge is -2.31. The molecule has 0 aliphatic heterocycles. The first-order valence-electron chi connectivity index (χ1n) is 8.26. The van der Waals surface area contributed by atoms with Gasteiger partial charge in [0, 0.05) is 11.7 Å². The van der Waals surface area contributed by atoms with E-state index in [9.17, 15) is 0 Å². The van der Waals surface area contributed by atoms with Crippen LogP contribution in [-0.4, -0.2) is 12.6 Å². The molecule has 1 N–H and O–H groups in total. The lowest BCUT2D eigenvalue weighted by Crippen LogP contribution is -2.28. The molecule has 0 spiro atoms. The van der Waals surface area contributed by atoms with Crippen molar-refractivity contribution in [2.75, 3.05) is 11.9 Å². The van der Waals surface area contributed by atoms with Gasteiger partial charge >= 0.3 is 0 Å². The predicted molar refractivity (Wildman–Crippen MR) is 84.4 cm³/mol. The van der Waals surface area contributed by atoms with E-state index in [0.29, 0.717) is 6.04 Å². The summed E-state index contributed by atoms with van der Waals surface area (Å²) < 4.78 is 5.56. The Morgan fingerprint density at radius 3 is 2.70 bits per heavy atom. The Morgan fingerprint density at radius 1 is 1.15 bits per heavy atom. The fourth-order valence-corrected chi connectivity index (χ4v) is 3.63. The minimum atomic E-state index is 0.672. The Balaban J connectivity index is 1.61. The van der Waals surface area contributed by atoms with Crippen molar-refractivity contribution >= 4 is 5.69 Å². The van der Waals surface area contributed by atoms with Gasteiger partial charge in [0.05, 0.1) is 6.61 Å². The fraction of sp³-hybridized carbons (Fsp3) is 0.667. The molecule has 1 aromatic carbocycles. The van der Waals surface area contributed by atoms with Gasteiger partial charge in [-0.1, -0.05) is 12.8 Å². The summed E-state index contributed by atoms with van der Waals surface area (Å²) in [4.78, 5) is 0. The highest BCUT2D eigenvalue weighted by Gasteiger charge is 2.34. The van der Waals surface area contributed by atoms with Gasteiger partial charge in [-0.25, -0.2) is 0 Å². The Bertz CT molecular complexity index is 453. The Labute approximate surface area is 122 Å². The van der Waals surface area contributed by atoms with Crippen molar-refractivity contribution in [3.05, 3.63) is 23.8 Å². The molecule has 0 amide bonds. The highest BCUT2D eigenvalue weighted by Crippen LogP contribution is 2.44. The third-order valence-corrected chi connectivity index (χ3v) is 4.87. The lowest BCUT2D eigenvalue weighted by atomic mass is 9.82. The van der Waals surface area contributed by atoms with Crippen LogP contribution in [0.2, 0.25) is 0 Å². The lowest BCUT2D eigenvalue weighted by molar-refractivity contribution is 0.303. The van der Waals surface area contributed by atoms with Gasteiger partial charge in [-0.15, -0.1) is 0 Å². The summed E-state index contributed by atoms with van der Waals surface area (Å²) in [6.45, 7) is 4.94. The molecular formula is C18H27NO. The number of anilines is 1. The maximum Gasteiger partial charge on any atom is 0.119 e. The summed E-state index contributed by atoms with van der Waals surface area (Å²) in [5, 5.41) is 3.78. The van der Waals surface area contributed by atoms with Crippen LogP contribution < -0.4 is 10.1 Å². The van der Waals surface area contributed by atoms with E-state index in [0.717, 1.165) is 24.2 Å². The second kappa shape index (κ2) is 6.07. The maximum atomic E-state index is 5.56. The predicted octanol–water partition coefficient (Wildman–Crippen LogP) is 4.77. The summed E-state index contributed by atoms with van der Waals surface area (Å²) in [5.74, 6) is 3.03. The SMILES string of the molecule is CCOc1ccc(NC2CCCC(C3CC3)C2)c(C)c1. The second-order valence-corrected chi connectivity index (χ2v) is 6.52. The third-order valence-electron chi connectivity index (χ3n) is 4.87. The second-order valence-electron chi connectivity index (χ2n) is 6.52. The van der Waals surface area contributed by atoms with Crippen LogP contribution in [0.5, 0.6) is 5.75 Å². The van der Waals surface area contributed by atoms with E-state index in [4.69, 9.17) is 4.74 Å². The van der Waals surface area contributed by atoms with Gasteiger partial charge in [0.1, 0.15) is 5.75 Å². The molecule has 2 aliphatic rings. The first-order chi connectivity index (χ1) is 9.76. The molecule has 0 saturated heterocycles. The van der Waals surface area contributed by atoms with E-state index in [1.54, 1.807) is 0 Å². The number of ether oxygens (including phenoxy) is 1.